The van der Waals surface area contributed by atoms with Gasteiger partial charge in [0, 0.05) is 18.4 Å². The molecule has 2 aromatic carbocycles. The van der Waals surface area contributed by atoms with E-state index in [2.05, 4.69) is 34.4 Å². The van der Waals surface area contributed by atoms with Gasteiger partial charge in [-0.2, -0.15) is 13.2 Å². The van der Waals surface area contributed by atoms with E-state index >= 15 is 0 Å². The molecule has 0 saturated carbocycles. The van der Waals surface area contributed by atoms with Gasteiger partial charge in [-0.1, -0.05) is 24.0 Å². The summed E-state index contributed by atoms with van der Waals surface area (Å²) in [5.41, 5.74) is 1.11. The summed E-state index contributed by atoms with van der Waals surface area (Å²) in [6.45, 7) is 0.883. The number of rotatable bonds is 9. The summed E-state index contributed by atoms with van der Waals surface area (Å²) in [5.74, 6) is 5.57. The fourth-order valence-corrected chi connectivity index (χ4v) is 6.36. The normalized spacial score (nSPS) is 15.1. The van der Waals surface area contributed by atoms with Gasteiger partial charge in [0.2, 0.25) is 0 Å². The van der Waals surface area contributed by atoms with Gasteiger partial charge < -0.3 is 20.3 Å². The fourth-order valence-electron chi connectivity index (χ4n) is 4.55. The summed E-state index contributed by atoms with van der Waals surface area (Å²) >= 11 is 1.20. The van der Waals surface area contributed by atoms with E-state index in [-0.39, 0.29) is 34.5 Å². The van der Waals surface area contributed by atoms with Gasteiger partial charge in [0.15, 0.2) is 9.84 Å². The molecule has 1 aromatic heterocycles. The lowest BCUT2D eigenvalue weighted by Gasteiger charge is -2.30. The third-order valence-corrected chi connectivity index (χ3v) is 8.90. The van der Waals surface area contributed by atoms with Crippen molar-refractivity contribution in [1.29, 1.82) is 0 Å². The average Bonchev–Trinajstić information content (AvgIpc) is 3.23. The van der Waals surface area contributed by atoms with E-state index in [1.807, 2.05) is 6.07 Å². The van der Waals surface area contributed by atoms with Crippen LogP contribution in [0.5, 0.6) is 5.75 Å². The van der Waals surface area contributed by atoms with Gasteiger partial charge in [-0.15, -0.1) is 11.3 Å². The number of likely N-dealkylation sites (tertiary alicyclic amines) is 1. The maximum absolute atomic E-state index is 13.6. The number of hydrogen-bond donors (Lipinski definition) is 2. The zero-order valence-corrected chi connectivity index (χ0v) is 24.1. The molecule has 2 heterocycles. The lowest BCUT2D eigenvalue weighted by molar-refractivity contribution is -0.126. The molecule has 41 heavy (non-hydrogen) atoms. The Morgan fingerprint density at radius 3 is 2.54 bits per heavy atom. The van der Waals surface area contributed by atoms with Gasteiger partial charge >= 0.3 is 6.18 Å². The van der Waals surface area contributed by atoms with Crippen LogP contribution in [0.4, 0.5) is 33.3 Å². The molecule has 1 aliphatic heterocycles. The highest BCUT2D eigenvalue weighted by Crippen LogP contribution is 2.39. The number of ether oxygens (including phenoxy) is 1. The summed E-state index contributed by atoms with van der Waals surface area (Å²) in [7, 11) is -1.55. The molecular weight excluding hydrogens is 585 g/mol. The van der Waals surface area contributed by atoms with Crippen LogP contribution in [0, 0.1) is 11.8 Å². The first-order valence-corrected chi connectivity index (χ1v) is 15.5. The predicted molar refractivity (Wildman–Crippen MR) is 152 cm³/mol. The second kappa shape index (κ2) is 12.8. The Morgan fingerprint density at radius 2 is 1.88 bits per heavy atom. The highest BCUT2D eigenvalue weighted by Gasteiger charge is 2.31. The molecule has 0 atom stereocenters. The number of anilines is 2. The van der Waals surface area contributed by atoms with E-state index in [1.54, 1.807) is 12.1 Å². The van der Waals surface area contributed by atoms with Crippen molar-refractivity contribution in [2.75, 3.05) is 50.2 Å². The maximum atomic E-state index is 13.6. The molecule has 222 valence electrons. The van der Waals surface area contributed by atoms with Crippen LogP contribution in [0.25, 0.3) is 10.1 Å². The largest absolute Gasteiger partial charge is 0.485 e. The average molecular weight is 616 g/mol. The minimum Gasteiger partial charge on any atom is -0.485 e. The summed E-state index contributed by atoms with van der Waals surface area (Å²) in [6, 6.07) is 9.31. The van der Waals surface area contributed by atoms with E-state index in [9.17, 15) is 30.4 Å². The fraction of sp³-hybridized carbons (Fsp3) is 0.429. The zero-order chi connectivity index (χ0) is 29.8. The van der Waals surface area contributed by atoms with Crippen LogP contribution in [-0.4, -0.2) is 71.5 Å². The molecule has 4 rings (SSSR count). The highest BCUT2D eigenvalue weighted by atomic mass is 32.2. The quantitative estimate of drug-likeness (QED) is 0.227. The topological polar surface area (TPSA) is 70.7 Å². The summed E-state index contributed by atoms with van der Waals surface area (Å²) < 4.78 is 95.7. The first-order chi connectivity index (χ1) is 19.3. The molecule has 0 aliphatic carbocycles. The Bertz CT molecular complexity index is 1540. The SMILES string of the molecule is CN1CCC(Nc2cccc3c(CC(F)(F)F)c(C#CCNc4ccc(S(C)(=O)=O)cc4OCC(F)F)sc23)CC1. The van der Waals surface area contributed by atoms with Crippen LogP contribution in [0.3, 0.4) is 0 Å². The van der Waals surface area contributed by atoms with Crippen molar-refractivity contribution in [2.24, 2.45) is 0 Å². The third-order valence-electron chi connectivity index (χ3n) is 6.59. The number of nitrogens with one attached hydrogen (secondary N) is 2. The number of piperidine rings is 1. The number of nitrogens with zero attached hydrogens (tertiary/aromatic N) is 1. The molecule has 1 fully saturated rings. The van der Waals surface area contributed by atoms with E-state index < -0.39 is 35.5 Å². The Labute approximate surface area is 239 Å². The van der Waals surface area contributed by atoms with Crippen molar-refractivity contribution in [3.05, 3.63) is 46.8 Å². The van der Waals surface area contributed by atoms with Crippen LogP contribution in [0.1, 0.15) is 23.3 Å². The van der Waals surface area contributed by atoms with Crippen LogP contribution in [0.15, 0.2) is 41.3 Å². The number of sulfone groups is 1. The molecule has 0 bridgehead atoms. The summed E-state index contributed by atoms with van der Waals surface area (Å²) in [6.07, 6.45) is -5.49. The van der Waals surface area contributed by atoms with E-state index in [1.165, 1.54) is 23.5 Å². The van der Waals surface area contributed by atoms with Gasteiger partial charge in [0.1, 0.15) is 12.4 Å². The number of halogens is 5. The Balaban J connectivity index is 1.59. The van der Waals surface area contributed by atoms with Crippen molar-refractivity contribution in [1.82, 2.24) is 4.90 Å². The van der Waals surface area contributed by atoms with Crippen molar-refractivity contribution >= 4 is 42.6 Å². The molecule has 3 aromatic rings. The minimum atomic E-state index is -4.43. The van der Waals surface area contributed by atoms with Gasteiger partial charge in [-0.3, -0.25) is 0 Å². The van der Waals surface area contributed by atoms with Crippen LogP contribution in [-0.2, 0) is 16.3 Å². The van der Waals surface area contributed by atoms with Crippen molar-refractivity contribution < 1.29 is 35.1 Å². The number of fused-ring (bicyclic) bond motifs is 1. The second-order valence-electron chi connectivity index (χ2n) is 9.89. The smallest absolute Gasteiger partial charge is 0.393 e. The monoisotopic (exact) mass is 615 g/mol. The molecule has 0 spiro atoms. The second-order valence-corrected chi connectivity index (χ2v) is 12.9. The number of thiophene rings is 1. The summed E-state index contributed by atoms with van der Waals surface area (Å²) in [4.78, 5) is 2.42. The summed E-state index contributed by atoms with van der Waals surface area (Å²) in [5, 5.41) is 6.90. The molecule has 0 unspecified atom stereocenters. The molecular formula is C28H30F5N3O3S2. The molecule has 6 nitrogen and oxygen atoms in total. The van der Waals surface area contributed by atoms with Crippen LogP contribution in [0.2, 0.25) is 0 Å². The molecule has 1 aliphatic rings. The number of benzene rings is 2. The van der Waals surface area contributed by atoms with Crippen molar-refractivity contribution in [3.63, 3.8) is 0 Å². The third kappa shape index (κ3) is 8.47. The first kappa shape index (κ1) is 30.9. The van der Waals surface area contributed by atoms with Crippen molar-refractivity contribution in [2.45, 2.75) is 42.8 Å². The minimum absolute atomic E-state index is 0.0519. The van der Waals surface area contributed by atoms with E-state index in [0.29, 0.717) is 15.0 Å². The predicted octanol–water partition coefficient (Wildman–Crippen LogP) is 6.02. The van der Waals surface area contributed by atoms with E-state index in [4.69, 9.17) is 4.74 Å². The lowest BCUT2D eigenvalue weighted by atomic mass is 10.0. The molecule has 2 N–H and O–H groups in total. The lowest BCUT2D eigenvalue weighted by Crippen LogP contribution is -2.36. The van der Waals surface area contributed by atoms with Crippen LogP contribution < -0.4 is 15.4 Å². The molecule has 1 saturated heterocycles. The Kier molecular flexibility index (Phi) is 9.66. The Morgan fingerprint density at radius 1 is 1.15 bits per heavy atom. The van der Waals surface area contributed by atoms with Gasteiger partial charge in [-0.05, 0) is 62.1 Å². The highest BCUT2D eigenvalue weighted by molar-refractivity contribution is 7.90. The standard InChI is InChI=1S/C28H30F5N3O3S2/c1-36-13-10-18(11-14-36)35-23-6-3-5-20-21(16-28(31,32)33)25(40-27(20)23)7-4-12-34-22-9-8-19(41(2,37)38)15-24(22)39-17-26(29)30/h3,5-6,8-9,15,18,26,34-35H,10-14,16-17H2,1-2H3. The van der Waals surface area contributed by atoms with Crippen LogP contribution >= 0.6 is 11.3 Å². The van der Waals surface area contributed by atoms with Gasteiger partial charge in [0.25, 0.3) is 6.43 Å². The first-order valence-electron chi connectivity index (χ1n) is 12.8. The molecule has 0 radical (unpaired) electrons. The maximum Gasteiger partial charge on any atom is 0.393 e. The Hall–Kier alpha value is -3.08. The van der Waals surface area contributed by atoms with Crippen molar-refractivity contribution in [3.8, 4) is 17.6 Å². The van der Waals surface area contributed by atoms with Gasteiger partial charge in [-0.25, -0.2) is 17.2 Å². The number of alkyl halides is 5. The zero-order valence-electron chi connectivity index (χ0n) is 22.4. The molecule has 13 heteroatoms. The number of hydrogen-bond acceptors (Lipinski definition) is 7. The van der Waals surface area contributed by atoms with E-state index in [0.717, 1.165) is 43.9 Å². The van der Waals surface area contributed by atoms with Gasteiger partial charge in [0.05, 0.1) is 38.8 Å². The molecule has 0 amide bonds.